The molecule has 10 rings (SSSR count). The van der Waals surface area contributed by atoms with Gasteiger partial charge in [0.2, 0.25) is 0 Å². The first-order valence-corrected chi connectivity index (χ1v) is 15.7. The molecule has 0 spiro atoms. The van der Waals surface area contributed by atoms with E-state index >= 15 is 0 Å². The predicted octanol–water partition coefficient (Wildman–Crippen LogP) is 12.0. The molecule has 50 heavy (non-hydrogen) atoms. The number of hydrogen-bond acceptors (Lipinski definition) is 5. The van der Waals surface area contributed by atoms with Crippen molar-refractivity contribution in [2.45, 2.75) is 0 Å². The van der Waals surface area contributed by atoms with Gasteiger partial charge in [0.1, 0.15) is 22.3 Å². The first-order chi connectivity index (χ1) is 29.4. The second-order valence-electron chi connectivity index (χ2n) is 11.5. The van der Waals surface area contributed by atoms with Crippen LogP contribution in [0.1, 0.15) is 15.1 Å². The fraction of sp³-hybridized carbons (Fsp3) is 0. The molecule has 10 aromatic rings. The van der Waals surface area contributed by atoms with Gasteiger partial charge in [-0.15, -0.1) is 0 Å². The number of benzene rings is 7. The highest BCUT2D eigenvalue weighted by atomic mass is 16.3. The van der Waals surface area contributed by atoms with Crippen LogP contribution in [0.25, 0.3) is 100 Å². The highest BCUT2D eigenvalue weighted by molar-refractivity contribution is 6.17. The van der Waals surface area contributed by atoms with E-state index in [0.717, 1.165) is 11.1 Å². The Kier molecular flexibility index (Phi) is 4.38. The number of nitrogens with zero attached hydrogens (tertiary/aromatic N) is 3. The normalized spacial score (nSPS) is 14.7. The maximum Gasteiger partial charge on any atom is 0.167 e. The Morgan fingerprint density at radius 3 is 1.66 bits per heavy atom. The van der Waals surface area contributed by atoms with Crippen LogP contribution in [-0.2, 0) is 0 Å². The monoisotopic (exact) mass is 652 g/mol. The SMILES string of the molecule is [2H]c1c([2H])c([2H])c(-c2c([2H])c(-c3cccc4c3oc3c(-c5nc(-c6ccccc6)nc(-c6ccccc6)n5)cccc34)c3oc4c([2H])c([2H])c([2H])c([2H])c4c3c2[2H])c([2H])c1[2H]. The van der Waals surface area contributed by atoms with Gasteiger partial charge >= 0.3 is 0 Å². The highest BCUT2D eigenvalue weighted by Gasteiger charge is 2.22. The Morgan fingerprint density at radius 2 is 0.960 bits per heavy atom. The Bertz CT molecular complexity index is 3410. The molecule has 0 atom stereocenters. The van der Waals surface area contributed by atoms with Crippen molar-refractivity contribution in [1.29, 1.82) is 0 Å². The lowest BCUT2D eigenvalue weighted by atomic mass is 9.94. The Labute approximate surface area is 302 Å². The molecule has 0 bridgehead atoms. The minimum atomic E-state index is -0.675. The molecule has 0 N–H and O–H groups in total. The summed E-state index contributed by atoms with van der Waals surface area (Å²) in [5.74, 6) is 1.20. The molecule has 7 aromatic carbocycles. The van der Waals surface area contributed by atoms with E-state index in [-0.39, 0.29) is 44.2 Å². The van der Waals surface area contributed by atoms with Gasteiger partial charge in [-0.2, -0.15) is 0 Å². The zero-order chi connectivity index (χ0) is 42.6. The lowest BCUT2D eigenvalue weighted by Gasteiger charge is -2.09. The average Bonchev–Trinajstić information content (AvgIpc) is 3.88. The van der Waals surface area contributed by atoms with Crippen molar-refractivity contribution < 1.29 is 23.9 Å². The lowest BCUT2D eigenvalue weighted by molar-refractivity contribution is 0.665. The maximum absolute atomic E-state index is 9.74. The Hall–Kier alpha value is -6.85. The van der Waals surface area contributed by atoms with Gasteiger partial charge in [0.25, 0.3) is 0 Å². The molecule has 0 amide bonds. The van der Waals surface area contributed by atoms with Crippen LogP contribution < -0.4 is 0 Å². The van der Waals surface area contributed by atoms with Crippen molar-refractivity contribution in [2.24, 2.45) is 0 Å². The van der Waals surface area contributed by atoms with E-state index in [4.69, 9.17) is 36.1 Å². The summed E-state index contributed by atoms with van der Waals surface area (Å²) in [7, 11) is 0. The number of furan rings is 2. The van der Waals surface area contributed by atoms with Crippen molar-refractivity contribution in [3.8, 4) is 56.4 Å². The van der Waals surface area contributed by atoms with Gasteiger partial charge in [-0.05, 0) is 35.3 Å². The molecule has 234 valence electrons. The third-order valence-corrected chi connectivity index (χ3v) is 8.55. The van der Waals surface area contributed by atoms with E-state index in [1.807, 2.05) is 84.9 Å². The van der Waals surface area contributed by atoms with E-state index < -0.39 is 72.0 Å². The molecule has 0 radical (unpaired) electrons. The van der Waals surface area contributed by atoms with E-state index in [1.54, 1.807) is 12.1 Å². The van der Waals surface area contributed by atoms with Gasteiger partial charge in [-0.1, -0.05) is 139 Å². The van der Waals surface area contributed by atoms with Gasteiger partial charge in [-0.3, -0.25) is 0 Å². The van der Waals surface area contributed by atoms with Crippen LogP contribution >= 0.6 is 0 Å². The second kappa shape index (κ2) is 11.4. The van der Waals surface area contributed by atoms with E-state index in [9.17, 15) is 2.74 Å². The summed E-state index contributed by atoms with van der Waals surface area (Å²) in [4.78, 5) is 14.6. The minimum absolute atomic E-state index is 0.0232. The second-order valence-corrected chi connectivity index (χ2v) is 11.5. The molecule has 3 aromatic heterocycles. The van der Waals surface area contributed by atoms with Gasteiger partial charge in [-0.25, -0.2) is 15.0 Å². The molecular weight excluding hydrogens is 615 g/mol. The van der Waals surface area contributed by atoms with Crippen LogP contribution in [0.5, 0.6) is 0 Å². The predicted molar refractivity (Wildman–Crippen MR) is 202 cm³/mol. The Morgan fingerprint density at radius 1 is 0.380 bits per heavy atom. The topological polar surface area (TPSA) is 65.0 Å². The molecule has 5 heteroatoms. The van der Waals surface area contributed by atoms with Gasteiger partial charge in [0, 0.05) is 43.8 Å². The molecular formula is C45H27N3O2. The molecule has 3 heterocycles. The third-order valence-electron chi connectivity index (χ3n) is 8.55. The minimum Gasteiger partial charge on any atom is -0.455 e. The zero-order valence-electron chi connectivity index (χ0n) is 36.9. The van der Waals surface area contributed by atoms with Gasteiger partial charge in [0.05, 0.1) is 20.6 Å². The largest absolute Gasteiger partial charge is 0.455 e. The van der Waals surface area contributed by atoms with Gasteiger partial charge in [0.15, 0.2) is 17.5 Å². The van der Waals surface area contributed by atoms with Crippen molar-refractivity contribution in [2.75, 3.05) is 0 Å². The summed E-state index contributed by atoms with van der Waals surface area (Å²) in [5, 5.41) is 0.975. The van der Waals surface area contributed by atoms with E-state index in [0.29, 0.717) is 39.4 Å². The number of para-hydroxylation sites is 3. The van der Waals surface area contributed by atoms with Gasteiger partial charge < -0.3 is 8.83 Å². The number of aromatic nitrogens is 3. The van der Waals surface area contributed by atoms with Crippen LogP contribution in [0.4, 0.5) is 0 Å². The number of hydrogen-bond donors (Lipinski definition) is 0. The third kappa shape index (κ3) is 4.60. The first kappa shape index (κ1) is 19.2. The highest BCUT2D eigenvalue weighted by Crippen LogP contribution is 2.44. The van der Waals surface area contributed by atoms with Crippen molar-refractivity contribution >= 4 is 43.9 Å². The van der Waals surface area contributed by atoms with Crippen LogP contribution in [0.15, 0.2) is 172 Å². The van der Waals surface area contributed by atoms with E-state index in [2.05, 4.69) is 0 Å². The van der Waals surface area contributed by atoms with Crippen LogP contribution in [0.2, 0.25) is 0 Å². The summed E-state index contributed by atoms with van der Waals surface area (Å²) in [6.45, 7) is 0. The molecule has 0 fully saturated rings. The number of fused-ring (bicyclic) bond motifs is 6. The Balaban J connectivity index is 1.31. The van der Waals surface area contributed by atoms with Crippen molar-refractivity contribution in [3.63, 3.8) is 0 Å². The summed E-state index contributed by atoms with van der Waals surface area (Å²) in [5.41, 5.74) is 1.77. The van der Waals surface area contributed by atoms with Crippen LogP contribution in [0.3, 0.4) is 0 Å². The molecule has 0 saturated heterocycles. The van der Waals surface area contributed by atoms with Crippen molar-refractivity contribution in [1.82, 2.24) is 15.0 Å². The fourth-order valence-corrected chi connectivity index (χ4v) is 6.27. The fourth-order valence-electron chi connectivity index (χ4n) is 6.27. The number of rotatable bonds is 5. The van der Waals surface area contributed by atoms with Crippen LogP contribution in [-0.4, -0.2) is 15.0 Å². The summed E-state index contributed by atoms with van der Waals surface area (Å²) < 4.78 is 109. The maximum atomic E-state index is 9.74. The lowest BCUT2D eigenvalue weighted by Crippen LogP contribution is -2.00. The molecule has 5 nitrogen and oxygen atoms in total. The standard InChI is InChI=1S/C45H27N3O2/c1-4-14-28(15-5-1)31-26-37-32-20-10-11-25-39(32)49-42(37)38(27-31)35-23-12-21-33-34-22-13-24-36(41(34)50-40(33)35)45-47-43(29-16-6-2-7-17-29)46-44(48-45)30-18-8-3-9-19-30/h1-27H/i1D,4D,5D,10D,11D,14D,15D,20D,25D,26D,27D. The quantitative estimate of drug-likeness (QED) is 0.185. The smallest absolute Gasteiger partial charge is 0.167 e. The molecule has 0 unspecified atom stereocenters. The molecule has 0 aliphatic carbocycles. The summed E-state index contributed by atoms with van der Waals surface area (Å²) in [6, 6.07) is 23.3. The molecule has 0 aliphatic rings. The van der Waals surface area contributed by atoms with E-state index in [1.165, 1.54) is 0 Å². The van der Waals surface area contributed by atoms with Crippen LogP contribution in [0, 0.1) is 0 Å². The molecule has 0 aliphatic heterocycles. The zero-order valence-corrected chi connectivity index (χ0v) is 25.9. The first-order valence-electron chi connectivity index (χ1n) is 21.2. The molecule has 0 saturated carbocycles. The summed E-state index contributed by atoms with van der Waals surface area (Å²) in [6.07, 6.45) is 0. The van der Waals surface area contributed by atoms with Crippen molar-refractivity contribution in [3.05, 3.63) is 164 Å². The summed E-state index contributed by atoms with van der Waals surface area (Å²) >= 11 is 0. The average molecular weight is 653 g/mol.